The molecular weight excluding hydrogens is 448 g/mol. The summed E-state index contributed by atoms with van der Waals surface area (Å²) in [6.45, 7) is 10.9. The van der Waals surface area contributed by atoms with E-state index in [-0.39, 0.29) is 5.92 Å². The molecule has 0 bridgehead atoms. The van der Waals surface area contributed by atoms with Gasteiger partial charge >= 0.3 is 0 Å². The number of nitrogens with zero attached hydrogens (tertiary/aromatic N) is 6. The highest BCUT2D eigenvalue weighted by Gasteiger charge is 2.25. The lowest BCUT2D eigenvalue weighted by molar-refractivity contribution is -0.123. The lowest BCUT2D eigenvalue weighted by Gasteiger charge is -2.32. The summed E-state index contributed by atoms with van der Waals surface area (Å²) in [5.74, 6) is 1.14. The van der Waals surface area contributed by atoms with Crippen molar-refractivity contribution in [1.29, 1.82) is 0 Å². The molecule has 2 fully saturated rings. The number of piperidine rings is 2. The molecule has 0 unspecified atom stereocenters. The number of likely N-dealkylation sites (tertiary alicyclic amines) is 2. The van der Waals surface area contributed by atoms with E-state index in [1.165, 1.54) is 25.0 Å². The Labute approximate surface area is 214 Å². The minimum absolute atomic E-state index is 0.151. The van der Waals surface area contributed by atoms with E-state index in [4.69, 9.17) is 4.98 Å². The Morgan fingerprint density at radius 2 is 1.81 bits per heavy atom. The Morgan fingerprint density at radius 1 is 1.03 bits per heavy atom. The number of hydrogen-bond acceptors (Lipinski definition) is 6. The first-order valence-electron chi connectivity index (χ1n) is 13.7. The van der Waals surface area contributed by atoms with Gasteiger partial charge in [-0.1, -0.05) is 20.3 Å². The third-order valence-electron chi connectivity index (χ3n) is 7.81. The number of pyridine rings is 2. The van der Waals surface area contributed by atoms with E-state index in [0.29, 0.717) is 18.1 Å². The largest absolute Gasteiger partial charge is 0.303 e. The van der Waals surface area contributed by atoms with Crippen LogP contribution in [-0.2, 0) is 24.8 Å². The first-order valence-corrected chi connectivity index (χ1v) is 13.7. The molecule has 0 aromatic carbocycles. The number of fused-ring (bicyclic) bond motifs is 1. The molecule has 2 aliphatic heterocycles. The van der Waals surface area contributed by atoms with Crippen LogP contribution in [0.15, 0.2) is 30.6 Å². The summed E-state index contributed by atoms with van der Waals surface area (Å²) in [5.41, 5.74) is 4.94. The van der Waals surface area contributed by atoms with E-state index in [2.05, 4.69) is 45.9 Å². The lowest BCUT2D eigenvalue weighted by Crippen LogP contribution is -2.38. The molecule has 0 N–H and O–H groups in total. The molecule has 36 heavy (non-hydrogen) atoms. The van der Waals surface area contributed by atoms with Crippen LogP contribution in [0.1, 0.15) is 57.3 Å². The Morgan fingerprint density at radius 3 is 2.56 bits per heavy atom. The second kappa shape index (κ2) is 11.2. The summed E-state index contributed by atoms with van der Waals surface area (Å²) in [5, 5.41) is 5.56. The predicted octanol–water partition coefficient (Wildman–Crippen LogP) is 4.50. The fraction of sp³-hybridized carbons (Fsp3) is 0.586. The first-order chi connectivity index (χ1) is 17.5. The van der Waals surface area contributed by atoms with E-state index in [1.807, 2.05) is 30.2 Å². The molecule has 7 nitrogen and oxygen atoms in total. The third kappa shape index (κ3) is 5.84. The van der Waals surface area contributed by atoms with Crippen molar-refractivity contribution in [2.75, 3.05) is 32.7 Å². The average molecular weight is 489 g/mol. The van der Waals surface area contributed by atoms with Crippen LogP contribution in [-0.4, -0.2) is 68.1 Å². The minimum Gasteiger partial charge on any atom is -0.303 e. The molecule has 0 spiro atoms. The van der Waals surface area contributed by atoms with Crippen molar-refractivity contribution >= 4 is 16.7 Å². The van der Waals surface area contributed by atoms with Gasteiger partial charge in [0.05, 0.1) is 23.1 Å². The van der Waals surface area contributed by atoms with E-state index in [0.717, 1.165) is 80.0 Å². The van der Waals surface area contributed by atoms with Crippen LogP contribution >= 0.6 is 0 Å². The summed E-state index contributed by atoms with van der Waals surface area (Å²) in [7, 11) is 2.02. The quantitative estimate of drug-likeness (QED) is 0.465. The van der Waals surface area contributed by atoms with Crippen molar-refractivity contribution in [2.24, 2.45) is 18.9 Å². The summed E-state index contributed by atoms with van der Waals surface area (Å²) in [6, 6.07) is 6.15. The van der Waals surface area contributed by atoms with Gasteiger partial charge in [0.1, 0.15) is 5.78 Å². The van der Waals surface area contributed by atoms with Crippen LogP contribution in [0.3, 0.4) is 0 Å². The topological polar surface area (TPSA) is 67.2 Å². The van der Waals surface area contributed by atoms with Gasteiger partial charge in [0.2, 0.25) is 0 Å². The van der Waals surface area contributed by atoms with Crippen LogP contribution in [0, 0.1) is 11.8 Å². The van der Waals surface area contributed by atoms with Crippen LogP contribution in [0.5, 0.6) is 0 Å². The maximum absolute atomic E-state index is 13.1. The summed E-state index contributed by atoms with van der Waals surface area (Å²) < 4.78 is 1.99. The van der Waals surface area contributed by atoms with Crippen LogP contribution in [0.4, 0.5) is 0 Å². The van der Waals surface area contributed by atoms with Crippen molar-refractivity contribution in [3.8, 4) is 11.3 Å². The number of ketones is 1. The van der Waals surface area contributed by atoms with Crippen molar-refractivity contribution < 1.29 is 4.79 Å². The molecule has 5 heterocycles. The van der Waals surface area contributed by atoms with Crippen molar-refractivity contribution in [3.63, 3.8) is 0 Å². The zero-order valence-electron chi connectivity index (χ0n) is 22.1. The molecule has 192 valence electrons. The highest BCUT2D eigenvalue weighted by molar-refractivity contribution is 5.85. The van der Waals surface area contributed by atoms with Crippen molar-refractivity contribution in [2.45, 2.75) is 58.9 Å². The monoisotopic (exact) mass is 488 g/mol. The Hall–Kier alpha value is -2.64. The fourth-order valence-corrected chi connectivity index (χ4v) is 5.78. The molecular formula is C29H40N6O. The molecule has 0 amide bonds. The summed E-state index contributed by atoms with van der Waals surface area (Å²) >= 11 is 0. The summed E-state index contributed by atoms with van der Waals surface area (Å²) in [6.07, 6.45) is 9.98. The average Bonchev–Trinajstić information content (AvgIpc) is 3.24. The molecule has 3 aromatic heterocycles. The molecule has 7 heteroatoms. The smallest absolute Gasteiger partial charge is 0.142 e. The molecule has 0 radical (unpaired) electrons. The Bertz CT molecular complexity index is 1190. The van der Waals surface area contributed by atoms with Gasteiger partial charge in [-0.05, 0) is 76.0 Å². The van der Waals surface area contributed by atoms with Gasteiger partial charge in [0.25, 0.3) is 0 Å². The molecule has 0 atom stereocenters. The van der Waals surface area contributed by atoms with Crippen LogP contribution in [0.2, 0.25) is 0 Å². The SMILES string of the molecule is CC(C)CN1CCC(C(=O)Cc2cc3nc(-c4cnn(C)c4CN4CCCCC4)ccc3cn2)CC1. The normalized spacial score (nSPS) is 18.3. The second-order valence-corrected chi connectivity index (χ2v) is 11.1. The maximum Gasteiger partial charge on any atom is 0.142 e. The van der Waals surface area contributed by atoms with E-state index in [9.17, 15) is 4.79 Å². The minimum atomic E-state index is 0.151. The summed E-state index contributed by atoms with van der Waals surface area (Å²) in [4.78, 5) is 27.7. The molecule has 3 aromatic rings. The maximum atomic E-state index is 13.1. The first kappa shape index (κ1) is 25.0. The number of Topliss-reactive ketones (excluding diaryl/α,β-unsaturated/α-hetero) is 1. The van der Waals surface area contributed by atoms with Gasteiger partial charge in [0, 0.05) is 55.3 Å². The predicted molar refractivity (Wildman–Crippen MR) is 144 cm³/mol. The van der Waals surface area contributed by atoms with E-state index in [1.54, 1.807) is 0 Å². The highest BCUT2D eigenvalue weighted by atomic mass is 16.1. The van der Waals surface area contributed by atoms with Crippen LogP contribution < -0.4 is 0 Å². The Balaban J connectivity index is 1.30. The molecule has 2 aliphatic rings. The lowest BCUT2D eigenvalue weighted by atomic mass is 9.90. The third-order valence-corrected chi connectivity index (χ3v) is 7.81. The number of hydrogen-bond donors (Lipinski definition) is 0. The number of aromatic nitrogens is 4. The second-order valence-electron chi connectivity index (χ2n) is 11.1. The van der Waals surface area contributed by atoms with Gasteiger partial charge in [0.15, 0.2) is 0 Å². The molecule has 5 rings (SSSR count). The molecule has 2 saturated heterocycles. The standard InChI is InChI=1S/C29H40N6O/c1-21(2)19-35-13-9-22(10-14-35)29(36)16-24-15-27-23(17-30-24)7-8-26(32-27)25-18-31-33(3)28(25)20-34-11-5-4-6-12-34/h7-8,15,17-18,21-22H,4-6,9-14,16,19-20H2,1-3H3. The van der Waals surface area contributed by atoms with Crippen LogP contribution in [0.25, 0.3) is 22.2 Å². The molecule has 0 aliphatic carbocycles. The highest BCUT2D eigenvalue weighted by Crippen LogP contribution is 2.27. The van der Waals surface area contributed by atoms with Gasteiger partial charge in [-0.25, -0.2) is 4.98 Å². The number of rotatable bonds is 8. The van der Waals surface area contributed by atoms with Gasteiger partial charge in [-0.15, -0.1) is 0 Å². The van der Waals surface area contributed by atoms with E-state index < -0.39 is 0 Å². The number of carbonyl (C=O) groups excluding carboxylic acids is 1. The zero-order chi connectivity index (χ0) is 25.1. The number of aryl methyl sites for hydroxylation is 1. The number of carbonyl (C=O) groups is 1. The van der Waals surface area contributed by atoms with Crippen molar-refractivity contribution in [1.82, 2.24) is 29.5 Å². The molecule has 0 saturated carbocycles. The van der Waals surface area contributed by atoms with Gasteiger partial charge < -0.3 is 4.90 Å². The van der Waals surface area contributed by atoms with Gasteiger partial charge in [-0.3, -0.25) is 19.4 Å². The van der Waals surface area contributed by atoms with Gasteiger partial charge in [-0.2, -0.15) is 5.10 Å². The van der Waals surface area contributed by atoms with Crippen molar-refractivity contribution in [3.05, 3.63) is 42.0 Å². The zero-order valence-corrected chi connectivity index (χ0v) is 22.1. The van der Waals surface area contributed by atoms with E-state index >= 15 is 0 Å². The Kier molecular flexibility index (Phi) is 7.77. The fourth-order valence-electron chi connectivity index (χ4n) is 5.78.